The average Bonchev–Trinajstić information content (AvgIpc) is 2.35. The first-order valence-electron chi connectivity index (χ1n) is 6.07. The number of ketones is 1. The summed E-state index contributed by atoms with van der Waals surface area (Å²) in [5.74, 6) is 0.834. The molecule has 0 aliphatic heterocycles. The van der Waals surface area contributed by atoms with Crippen molar-refractivity contribution in [3.05, 3.63) is 42.5 Å². The van der Waals surface area contributed by atoms with Crippen LogP contribution in [0.25, 0.3) is 0 Å². The summed E-state index contributed by atoms with van der Waals surface area (Å²) in [7, 11) is 3.93. The zero-order valence-corrected chi connectivity index (χ0v) is 11.3. The van der Waals surface area contributed by atoms with Crippen LogP contribution in [0, 0.1) is 5.92 Å². The van der Waals surface area contributed by atoms with Crippen LogP contribution in [0.4, 0.5) is 0 Å². The van der Waals surface area contributed by atoms with Crippen LogP contribution in [0.2, 0.25) is 0 Å². The lowest BCUT2D eigenvalue weighted by atomic mass is 9.99. The molecule has 0 unspecified atom stereocenters. The largest absolute Gasteiger partial charge is 0.490 e. The Morgan fingerprint density at radius 3 is 2.83 bits per heavy atom. The SMILES string of the molecule is C=CCOc1cccc(C(=O)[C@@H](C)CN(C)C)c1. The maximum atomic E-state index is 12.2. The first kappa shape index (κ1) is 14.5. The minimum atomic E-state index is -0.0188. The molecule has 0 aromatic heterocycles. The van der Waals surface area contributed by atoms with Crippen molar-refractivity contribution in [3.8, 4) is 5.75 Å². The van der Waals surface area contributed by atoms with E-state index < -0.39 is 0 Å². The molecule has 0 saturated heterocycles. The highest BCUT2D eigenvalue weighted by Gasteiger charge is 2.16. The zero-order chi connectivity index (χ0) is 13.5. The Kier molecular flexibility index (Phi) is 5.59. The van der Waals surface area contributed by atoms with Gasteiger partial charge in [-0.05, 0) is 26.2 Å². The van der Waals surface area contributed by atoms with Crippen molar-refractivity contribution < 1.29 is 9.53 Å². The first-order valence-corrected chi connectivity index (χ1v) is 6.07. The second-order valence-corrected chi connectivity index (χ2v) is 4.66. The Hall–Kier alpha value is -1.61. The molecule has 0 aliphatic rings. The zero-order valence-electron chi connectivity index (χ0n) is 11.3. The fourth-order valence-electron chi connectivity index (χ4n) is 1.81. The molecule has 0 fully saturated rings. The van der Waals surface area contributed by atoms with Crippen LogP contribution < -0.4 is 4.74 Å². The van der Waals surface area contributed by atoms with Gasteiger partial charge in [0.2, 0.25) is 0 Å². The fourth-order valence-corrected chi connectivity index (χ4v) is 1.81. The predicted octanol–water partition coefficient (Wildman–Crippen LogP) is 2.63. The minimum absolute atomic E-state index is 0.0188. The van der Waals surface area contributed by atoms with E-state index in [9.17, 15) is 4.79 Å². The van der Waals surface area contributed by atoms with Gasteiger partial charge in [-0.15, -0.1) is 0 Å². The molecule has 1 rings (SSSR count). The van der Waals surface area contributed by atoms with Crippen molar-refractivity contribution in [1.82, 2.24) is 4.90 Å². The predicted molar refractivity (Wildman–Crippen MR) is 74.2 cm³/mol. The second-order valence-electron chi connectivity index (χ2n) is 4.66. The van der Waals surface area contributed by atoms with Crippen LogP contribution in [0.5, 0.6) is 5.75 Å². The second kappa shape index (κ2) is 6.97. The summed E-state index contributed by atoms with van der Waals surface area (Å²) in [6, 6.07) is 7.30. The lowest BCUT2D eigenvalue weighted by molar-refractivity contribution is 0.0909. The molecule has 0 spiro atoms. The van der Waals surface area contributed by atoms with Gasteiger partial charge >= 0.3 is 0 Å². The summed E-state index contributed by atoms with van der Waals surface area (Å²) >= 11 is 0. The molecular weight excluding hydrogens is 226 g/mol. The smallest absolute Gasteiger partial charge is 0.167 e. The van der Waals surface area contributed by atoms with Crippen molar-refractivity contribution in [3.63, 3.8) is 0 Å². The monoisotopic (exact) mass is 247 g/mol. The molecule has 1 aromatic carbocycles. The van der Waals surface area contributed by atoms with Crippen molar-refractivity contribution >= 4 is 5.78 Å². The third-order valence-electron chi connectivity index (χ3n) is 2.57. The summed E-state index contributed by atoms with van der Waals surface area (Å²) in [5.41, 5.74) is 0.700. The van der Waals surface area contributed by atoms with Gasteiger partial charge in [-0.2, -0.15) is 0 Å². The number of Topliss-reactive ketones (excluding diaryl/α,β-unsaturated/α-hetero) is 1. The Balaban J connectivity index is 2.76. The molecule has 0 radical (unpaired) electrons. The summed E-state index contributed by atoms with van der Waals surface area (Å²) in [6.07, 6.45) is 1.68. The summed E-state index contributed by atoms with van der Waals surface area (Å²) in [4.78, 5) is 14.2. The van der Waals surface area contributed by atoms with Gasteiger partial charge in [0, 0.05) is 18.0 Å². The number of ether oxygens (including phenoxy) is 1. The number of benzene rings is 1. The molecule has 1 aromatic rings. The number of carbonyl (C=O) groups is 1. The average molecular weight is 247 g/mol. The number of hydrogen-bond acceptors (Lipinski definition) is 3. The lowest BCUT2D eigenvalue weighted by Crippen LogP contribution is -2.25. The Morgan fingerprint density at radius 2 is 2.22 bits per heavy atom. The van der Waals surface area contributed by atoms with E-state index in [0.29, 0.717) is 17.9 Å². The van der Waals surface area contributed by atoms with E-state index >= 15 is 0 Å². The van der Waals surface area contributed by atoms with Gasteiger partial charge in [0.1, 0.15) is 12.4 Å². The van der Waals surface area contributed by atoms with Gasteiger partial charge in [0.05, 0.1) is 0 Å². The third-order valence-corrected chi connectivity index (χ3v) is 2.57. The molecule has 0 heterocycles. The van der Waals surface area contributed by atoms with Crippen LogP contribution in [-0.2, 0) is 0 Å². The van der Waals surface area contributed by atoms with Gasteiger partial charge in [-0.25, -0.2) is 0 Å². The molecule has 98 valence electrons. The summed E-state index contributed by atoms with van der Waals surface area (Å²) in [5, 5.41) is 0. The molecule has 18 heavy (non-hydrogen) atoms. The summed E-state index contributed by atoms with van der Waals surface area (Å²) in [6.45, 7) is 6.74. The van der Waals surface area contributed by atoms with E-state index in [1.807, 2.05) is 44.1 Å². The quantitative estimate of drug-likeness (QED) is 0.548. The first-order chi connectivity index (χ1) is 8.54. The van der Waals surface area contributed by atoms with Crippen LogP contribution in [0.3, 0.4) is 0 Å². The molecule has 1 atom stereocenters. The normalized spacial score (nSPS) is 12.2. The maximum Gasteiger partial charge on any atom is 0.167 e. The molecule has 0 saturated carbocycles. The maximum absolute atomic E-state index is 12.2. The van der Waals surface area contributed by atoms with E-state index in [2.05, 4.69) is 6.58 Å². The molecule has 0 aliphatic carbocycles. The van der Waals surface area contributed by atoms with E-state index in [1.54, 1.807) is 12.1 Å². The minimum Gasteiger partial charge on any atom is -0.490 e. The van der Waals surface area contributed by atoms with Crippen LogP contribution in [-0.4, -0.2) is 37.9 Å². The van der Waals surface area contributed by atoms with Gasteiger partial charge < -0.3 is 9.64 Å². The topological polar surface area (TPSA) is 29.5 Å². The molecular formula is C15H21NO2. The van der Waals surface area contributed by atoms with Crippen molar-refractivity contribution in [2.75, 3.05) is 27.2 Å². The summed E-state index contributed by atoms with van der Waals surface area (Å²) < 4.78 is 5.43. The third kappa shape index (κ3) is 4.34. The Bertz CT molecular complexity index is 413. The van der Waals surface area contributed by atoms with E-state index in [1.165, 1.54) is 0 Å². The van der Waals surface area contributed by atoms with Crippen LogP contribution in [0.1, 0.15) is 17.3 Å². The molecule has 3 heteroatoms. The van der Waals surface area contributed by atoms with Gasteiger partial charge in [0.15, 0.2) is 5.78 Å². The van der Waals surface area contributed by atoms with E-state index in [4.69, 9.17) is 4.74 Å². The highest BCUT2D eigenvalue weighted by atomic mass is 16.5. The van der Waals surface area contributed by atoms with Gasteiger partial charge in [-0.1, -0.05) is 31.7 Å². The standard InChI is InChI=1S/C15H21NO2/c1-5-9-18-14-8-6-7-13(10-14)15(17)12(2)11-16(3)4/h5-8,10,12H,1,9,11H2,2-4H3/t12-/m0/s1. The highest BCUT2D eigenvalue weighted by molar-refractivity contribution is 5.98. The number of carbonyl (C=O) groups excluding carboxylic acids is 1. The number of hydrogen-bond donors (Lipinski definition) is 0. The Labute approximate surface area is 109 Å². The van der Waals surface area contributed by atoms with E-state index in [0.717, 1.165) is 6.54 Å². The molecule has 0 N–H and O–H groups in total. The molecule has 0 amide bonds. The van der Waals surface area contributed by atoms with Crippen molar-refractivity contribution in [1.29, 1.82) is 0 Å². The number of nitrogens with zero attached hydrogens (tertiary/aromatic N) is 1. The lowest BCUT2D eigenvalue weighted by Gasteiger charge is -2.16. The molecule has 0 bridgehead atoms. The van der Waals surface area contributed by atoms with Crippen LogP contribution >= 0.6 is 0 Å². The van der Waals surface area contributed by atoms with Crippen LogP contribution in [0.15, 0.2) is 36.9 Å². The number of rotatable bonds is 7. The van der Waals surface area contributed by atoms with Crippen molar-refractivity contribution in [2.24, 2.45) is 5.92 Å². The van der Waals surface area contributed by atoms with Gasteiger partial charge in [-0.3, -0.25) is 4.79 Å². The Morgan fingerprint density at radius 1 is 1.50 bits per heavy atom. The van der Waals surface area contributed by atoms with Gasteiger partial charge in [0.25, 0.3) is 0 Å². The van der Waals surface area contributed by atoms with E-state index in [-0.39, 0.29) is 11.7 Å². The highest BCUT2D eigenvalue weighted by Crippen LogP contribution is 2.17. The van der Waals surface area contributed by atoms with Crippen molar-refractivity contribution in [2.45, 2.75) is 6.92 Å². The molecule has 3 nitrogen and oxygen atoms in total. The fraction of sp³-hybridized carbons (Fsp3) is 0.400.